The monoisotopic (exact) mass is 242 g/mol. The van der Waals surface area contributed by atoms with Crippen LogP contribution in [-0.2, 0) is 7.05 Å². The molecule has 0 saturated carbocycles. The Bertz CT molecular complexity index is 333. The first kappa shape index (κ1) is 11.7. The normalized spacial score (nSPS) is 17.8. The molecule has 0 unspecified atom stereocenters. The van der Waals surface area contributed by atoms with Crippen LogP contribution in [0.2, 0.25) is 0 Å². The lowest BCUT2D eigenvalue weighted by molar-refractivity contribution is 0.255. The highest BCUT2D eigenvalue weighted by molar-refractivity contribution is 7.99. The second-order valence-electron chi connectivity index (χ2n) is 3.84. The Morgan fingerprint density at radius 3 is 2.75 bits per heavy atom. The molecular formula is C9H18N6S. The van der Waals surface area contributed by atoms with Crippen molar-refractivity contribution >= 4 is 17.7 Å². The van der Waals surface area contributed by atoms with Crippen LogP contribution in [0.1, 0.15) is 0 Å². The highest BCUT2D eigenvalue weighted by atomic mass is 32.2. The van der Waals surface area contributed by atoms with Gasteiger partial charge in [0.05, 0.1) is 0 Å². The first-order valence-corrected chi connectivity index (χ1v) is 6.46. The second-order valence-corrected chi connectivity index (χ2v) is 4.90. The van der Waals surface area contributed by atoms with Gasteiger partial charge in [-0.25, -0.2) is 0 Å². The molecule has 2 rings (SSSR count). The summed E-state index contributed by atoms with van der Waals surface area (Å²) in [5.41, 5.74) is 5.61. The molecule has 7 heteroatoms. The maximum Gasteiger partial charge on any atom is 0.222 e. The lowest BCUT2D eigenvalue weighted by atomic mass is 10.4. The third-order valence-electron chi connectivity index (χ3n) is 2.72. The zero-order chi connectivity index (χ0) is 11.4. The molecular weight excluding hydrogens is 224 g/mol. The van der Waals surface area contributed by atoms with Gasteiger partial charge in [0.15, 0.2) is 5.16 Å². The SMILES string of the molecule is Cn1c(N)nnc1SCCN1CCNCC1. The van der Waals surface area contributed by atoms with E-state index in [1.54, 1.807) is 11.8 Å². The molecule has 6 nitrogen and oxygen atoms in total. The molecule has 0 aliphatic carbocycles. The van der Waals surface area contributed by atoms with Gasteiger partial charge < -0.3 is 11.1 Å². The molecule has 0 amide bonds. The molecule has 3 N–H and O–H groups in total. The van der Waals surface area contributed by atoms with Gasteiger partial charge in [0, 0.05) is 45.5 Å². The van der Waals surface area contributed by atoms with Crippen molar-refractivity contribution < 1.29 is 0 Å². The van der Waals surface area contributed by atoms with Crippen LogP contribution in [0, 0.1) is 0 Å². The standard InChI is InChI=1S/C9H18N6S/c1-14-8(10)12-13-9(14)16-7-6-15-4-2-11-3-5-15/h11H,2-7H2,1H3,(H2,10,12). The minimum absolute atomic E-state index is 0.477. The smallest absolute Gasteiger partial charge is 0.222 e. The molecule has 0 spiro atoms. The van der Waals surface area contributed by atoms with Crippen LogP contribution >= 0.6 is 11.8 Å². The van der Waals surface area contributed by atoms with Crippen LogP contribution in [0.5, 0.6) is 0 Å². The maximum absolute atomic E-state index is 5.61. The van der Waals surface area contributed by atoms with Crippen molar-refractivity contribution in [1.82, 2.24) is 25.0 Å². The van der Waals surface area contributed by atoms with Crippen LogP contribution in [0.15, 0.2) is 5.16 Å². The fourth-order valence-electron chi connectivity index (χ4n) is 1.65. The summed E-state index contributed by atoms with van der Waals surface area (Å²) >= 11 is 1.71. The highest BCUT2D eigenvalue weighted by Gasteiger charge is 2.10. The van der Waals surface area contributed by atoms with Gasteiger partial charge in [-0.1, -0.05) is 11.8 Å². The van der Waals surface area contributed by atoms with Crippen LogP contribution < -0.4 is 11.1 Å². The van der Waals surface area contributed by atoms with E-state index in [2.05, 4.69) is 20.4 Å². The summed E-state index contributed by atoms with van der Waals surface area (Å²) in [4.78, 5) is 2.46. The fraction of sp³-hybridized carbons (Fsp3) is 0.778. The number of thioether (sulfide) groups is 1. The molecule has 0 aromatic carbocycles. The molecule has 0 radical (unpaired) electrons. The number of aromatic nitrogens is 3. The van der Waals surface area contributed by atoms with Crippen molar-refractivity contribution in [1.29, 1.82) is 0 Å². The Labute approximate surface area is 99.6 Å². The van der Waals surface area contributed by atoms with Crippen LogP contribution in [0.4, 0.5) is 5.95 Å². The third-order valence-corrected chi connectivity index (χ3v) is 3.72. The van der Waals surface area contributed by atoms with Gasteiger partial charge in [-0.3, -0.25) is 9.47 Å². The average molecular weight is 242 g/mol. The number of nitrogen functional groups attached to an aromatic ring is 1. The lowest BCUT2D eigenvalue weighted by Crippen LogP contribution is -2.44. The summed E-state index contributed by atoms with van der Waals surface area (Å²) in [6.07, 6.45) is 0. The fourth-order valence-corrected chi connectivity index (χ4v) is 2.57. The minimum atomic E-state index is 0.477. The summed E-state index contributed by atoms with van der Waals surface area (Å²) in [6, 6.07) is 0. The summed E-state index contributed by atoms with van der Waals surface area (Å²) in [5, 5.41) is 12.1. The van der Waals surface area contributed by atoms with E-state index >= 15 is 0 Å². The van der Waals surface area contributed by atoms with Crippen molar-refractivity contribution in [2.45, 2.75) is 5.16 Å². The molecule has 16 heavy (non-hydrogen) atoms. The number of piperazine rings is 1. The molecule has 1 aliphatic heterocycles. The first-order valence-electron chi connectivity index (χ1n) is 5.48. The van der Waals surface area contributed by atoms with Gasteiger partial charge in [0.2, 0.25) is 5.95 Å². The number of rotatable bonds is 4. The number of hydrogen-bond donors (Lipinski definition) is 2. The van der Waals surface area contributed by atoms with Crippen LogP contribution in [0.3, 0.4) is 0 Å². The van der Waals surface area contributed by atoms with E-state index in [0.717, 1.165) is 43.6 Å². The quantitative estimate of drug-likeness (QED) is 0.687. The average Bonchev–Trinajstić information content (AvgIpc) is 2.62. The van der Waals surface area contributed by atoms with Crippen molar-refractivity contribution in [3.8, 4) is 0 Å². The molecule has 90 valence electrons. The largest absolute Gasteiger partial charge is 0.368 e. The van der Waals surface area contributed by atoms with Crippen molar-refractivity contribution in [2.75, 3.05) is 44.2 Å². The number of nitrogens with zero attached hydrogens (tertiary/aromatic N) is 4. The molecule has 1 aromatic rings. The van der Waals surface area contributed by atoms with E-state index in [1.807, 2.05) is 11.6 Å². The number of anilines is 1. The Morgan fingerprint density at radius 2 is 2.12 bits per heavy atom. The van der Waals surface area contributed by atoms with E-state index in [-0.39, 0.29) is 0 Å². The van der Waals surface area contributed by atoms with Gasteiger partial charge in [-0.05, 0) is 0 Å². The highest BCUT2D eigenvalue weighted by Crippen LogP contribution is 2.16. The van der Waals surface area contributed by atoms with Gasteiger partial charge in [0.1, 0.15) is 0 Å². The van der Waals surface area contributed by atoms with E-state index < -0.39 is 0 Å². The van der Waals surface area contributed by atoms with Gasteiger partial charge >= 0.3 is 0 Å². The minimum Gasteiger partial charge on any atom is -0.368 e. The Hall–Kier alpha value is -0.790. The van der Waals surface area contributed by atoms with Crippen LogP contribution in [0.25, 0.3) is 0 Å². The molecule has 0 atom stereocenters. The Morgan fingerprint density at radius 1 is 1.38 bits per heavy atom. The first-order chi connectivity index (χ1) is 7.77. The summed E-state index contributed by atoms with van der Waals surface area (Å²) < 4.78 is 1.82. The zero-order valence-corrected chi connectivity index (χ0v) is 10.3. The maximum atomic E-state index is 5.61. The summed E-state index contributed by atoms with van der Waals surface area (Å²) in [5.74, 6) is 1.51. The predicted molar refractivity (Wildman–Crippen MR) is 65.4 cm³/mol. The topological polar surface area (TPSA) is 72.0 Å². The number of nitrogens with two attached hydrogens (primary N) is 1. The van der Waals surface area contributed by atoms with Crippen molar-refractivity contribution in [3.63, 3.8) is 0 Å². The van der Waals surface area contributed by atoms with E-state index in [4.69, 9.17) is 5.73 Å². The Balaban J connectivity index is 1.73. The van der Waals surface area contributed by atoms with Crippen LogP contribution in [-0.4, -0.2) is 58.1 Å². The van der Waals surface area contributed by atoms with Crippen molar-refractivity contribution in [2.24, 2.45) is 7.05 Å². The second kappa shape index (κ2) is 5.51. The van der Waals surface area contributed by atoms with E-state index in [1.165, 1.54) is 0 Å². The van der Waals surface area contributed by atoms with E-state index in [9.17, 15) is 0 Å². The van der Waals surface area contributed by atoms with Gasteiger partial charge in [-0.15, -0.1) is 10.2 Å². The summed E-state index contributed by atoms with van der Waals surface area (Å²) in [7, 11) is 1.89. The molecule has 1 aliphatic rings. The molecule has 2 heterocycles. The van der Waals surface area contributed by atoms with Gasteiger partial charge in [0.25, 0.3) is 0 Å². The number of hydrogen-bond acceptors (Lipinski definition) is 6. The molecule has 1 aromatic heterocycles. The van der Waals surface area contributed by atoms with E-state index in [0.29, 0.717) is 5.95 Å². The molecule has 0 bridgehead atoms. The zero-order valence-electron chi connectivity index (χ0n) is 9.52. The molecule has 1 fully saturated rings. The number of nitrogens with one attached hydrogen (secondary N) is 1. The van der Waals surface area contributed by atoms with Crippen molar-refractivity contribution in [3.05, 3.63) is 0 Å². The summed E-state index contributed by atoms with van der Waals surface area (Å²) in [6.45, 7) is 5.57. The Kier molecular flexibility index (Phi) is 4.03. The lowest BCUT2D eigenvalue weighted by Gasteiger charge is -2.26. The van der Waals surface area contributed by atoms with Gasteiger partial charge in [-0.2, -0.15) is 0 Å². The third kappa shape index (κ3) is 2.87. The predicted octanol–water partition coefficient (Wildman–Crippen LogP) is -0.605. The molecule has 1 saturated heterocycles.